The summed E-state index contributed by atoms with van der Waals surface area (Å²) in [5, 5.41) is 0. The standard InChI is InChI=1S/C14H21NO2/c1-4-11(2)10-17-14-9-13(16-3)6-5-12(14)7-8-15/h5-6,9H,2,4,7-8,10,15H2,1,3H3. The molecule has 0 atom stereocenters. The van der Waals surface area contributed by atoms with Gasteiger partial charge in [-0.25, -0.2) is 0 Å². The third-order valence-corrected chi connectivity index (χ3v) is 2.62. The summed E-state index contributed by atoms with van der Waals surface area (Å²) in [6, 6.07) is 5.82. The Morgan fingerprint density at radius 1 is 1.41 bits per heavy atom. The van der Waals surface area contributed by atoms with Gasteiger partial charge in [-0.2, -0.15) is 0 Å². The molecule has 0 unspecified atom stereocenters. The number of hydrogen-bond acceptors (Lipinski definition) is 3. The Balaban J connectivity index is 2.80. The Labute approximate surface area is 103 Å². The van der Waals surface area contributed by atoms with Crippen molar-refractivity contribution < 1.29 is 9.47 Å². The lowest BCUT2D eigenvalue weighted by Crippen LogP contribution is -2.07. The third kappa shape index (κ3) is 4.11. The van der Waals surface area contributed by atoms with E-state index < -0.39 is 0 Å². The molecule has 0 bridgehead atoms. The lowest BCUT2D eigenvalue weighted by molar-refractivity contribution is 0.340. The molecule has 1 aromatic carbocycles. The van der Waals surface area contributed by atoms with Crippen LogP contribution < -0.4 is 15.2 Å². The van der Waals surface area contributed by atoms with E-state index in [1.165, 1.54) is 0 Å². The van der Waals surface area contributed by atoms with Crippen molar-refractivity contribution in [2.75, 3.05) is 20.3 Å². The third-order valence-electron chi connectivity index (χ3n) is 2.62. The molecule has 3 nitrogen and oxygen atoms in total. The molecule has 0 fully saturated rings. The van der Waals surface area contributed by atoms with E-state index in [1.54, 1.807) is 7.11 Å². The zero-order valence-electron chi connectivity index (χ0n) is 10.7. The van der Waals surface area contributed by atoms with Crippen LogP contribution in [0.25, 0.3) is 0 Å². The minimum Gasteiger partial charge on any atom is -0.497 e. The van der Waals surface area contributed by atoms with Gasteiger partial charge in [0.1, 0.15) is 18.1 Å². The van der Waals surface area contributed by atoms with Crippen LogP contribution in [0.2, 0.25) is 0 Å². The topological polar surface area (TPSA) is 44.5 Å². The molecular weight excluding hydrogens is 214 g/mol. The fourth-order valence-corrected chi connectivity index (χ4v) is 1.44. The summed E-state index contributed by atoms with van der Waals surface area (Å²) in [5.41, 5.74) is 7.76. The molecule has 0 aliphatic heterocycles. The van der Waals surface area contributed by atoms with Crippen molar-refractivity contribution in [1.29, 1.82) is 0 Å². The lowest BCUT2D eigenvalue weighted by Gasteiger charge is -2.13. The van der Waals surface area contributed by atoms with Crippen LogP contribution in [-0.4, -0.2) is 20.3 Å². The summed E-state index contributed by atoms with van der Waals surface area (Å²) in [6.07, 6.45) is 1.73. The second kappa shape index (κ2) is 6.97. The zero-order valence-corrected chi connectivity index (χ0v) is 10.7. The largest absolute Gasteiger partial charge is 0.497 e. The van der Waals surface area contributed by atoms with Gasteiger partial charge in [-0.15, -0.1) is 0 Å². The van der Waals surface area contributed by atoms with Gasteiger partial charge in [-0.05, 0) is 36.6 Å². The first-order valence-electron chi connectivity index (χ1n) is 5.87. The second-order valence-corrected chi connectivity index (χ2v) is 3.90. The number of nitrogens with two attached hydrogens (primary N) is 1. The van der Waals surface area contributed by atoms with Gasteiger partial charge in [0.2, 0.25) is 0 Å². The van der Waals surface area contributed by atoms with Crippen molar-refractivity contribution in [1.82, 2.24) is 0 Å². The SMILES string of the molecule is C=C(CC)COc1cc(OC)ccc1CCN. The molecule has 3 heteroatoms. The molecule has 0 radical (unpaired) electrons. The summed E-state index contributed by atoms with van der Waals surface area (Å²) in [5.74, 6) is 1.63. The number of ether oxygens (including phenoxy) is 2. The summed E-state index contributed by atoms with van der Waals surface area (Å²) < 4.78 is 10.9. The number of hydrogen-bond donors (Lipinski definition) is 1. The van der Waals surface area contributed by atoms with Crippen molar-refractivity contribution in [3.8, 4) is 11.5 Å². The normalized spacial score (nSPS) is 10.1. The van der Waals surface area contributed by atoms with E-state index in [0.717, 1.165) is 35.5 Å². The van der Waals surface area contributed by atoms with Gasteiger partial charge in [0, 0.05) is 6.07 Å². The van der Waals surface area contributed by atoms with Crippen LogP contribution in [0.4, 0.5) is 0 Å². The second-order valence-electron chi connectivity index (χ2n) is 3.90. The molecule has 0 aliphatic carbocycles. The predicted molar refractivity (Wildman–Crippen MR) is 70.7 cm³/mol. The Morgan fingerprint density at radius 3 is 2.76 bits per heavy atom. The molecular formula is C14H21NO2. The van der Waals surface area contributed by atoms with E-state index >= 15 is 0 Å². The average Bonchev–Trinajstić information content (AvgIpc) is 2.37. The van der Waals surface area contributed by atoms with Crippen LogP contribution in [0.1, 0.15) is 18.9 Å². The van der Waals surface area contributed by atoms with E-state index in [1.807, 2.05) is 18.2 Å². The summed E-state index contributed by atoms with van der Waals surface area (Å²) >= 11 is 0. The molecule has 0 spiro atoms. The van der Waals surface area contributed by atoms with Crippen LogP contribution >= 0.6 is 0 Å². The summed E-state index contributed by atoms with van der Waals surface area (Å²) in [6.45, 7) is 7.14. The summed E-state index contributed by atoms with van der Waals surface area (Å²) in [4.78, 5) is 0. The zero-order chi connectivity index (χ0) is 12.7. The Morgan fingerprint density at radius 2 is 2.18 bits per heavy atom. The maximum Gasteiger partial charge on any atom is 0.126 e. The van der Waals surface area contributed by atoms with Crippen LogP contribution in [0.15, 0.2) is 30.4 Å². The van der Waals surface area contributed by atoms with E-state index in [9.17, 15) is 0 Å². The van der Waals surface area contributed by atoms with Crippen molar-refractivity contribution in [2.24, 2.45) is 5.73 Å². The highest BCUT2D eigenvalue weighted by Gasteiger charge is 2.05. The highest BCUT2D eigenvalue weighted by molar-refractivity contribution is 5.41. The van der Waals surface area contributed by atoms with Gasteiger partial charge in [0.05, 0.1) is 7.11 Å². The highest BCUT2D eigenvalue weighted by Crippen LogP contribution is 2.25. The molecule has 0 aromatic heterocycles. The Kier molecular flexibility index (Phi) is 5.57. The van der Waals surface area contributed by atoms with Crippen LogP contribution in [0.5, 0.6) is 11.5 Å². The fraction of sp³-hybridized carbons (Fsp3) is 0.429. The maximum atomic E-state index is 5.75. The molecule has 94 valence electrons. The van der Waals surface area contributed by atoms with Crippen molar-refractivity contribution in [2.45, 2.75) is 19.8 Å². The average molecular weight is 235 g/mol. The van der Waals surface area contributed by atoms with Crippen LogP contribution in [0, 0.1) is 0 Å². The van der Waals surface area contributed by atoms with Gasteiger partial charge in [0.25, 0.3) is 0 Å². The van der Waals surface area contributed by atoms with Crippen molar-refractivity contribution in [3.05, 3.63) is 35.9 Å². The first kappa shape index (κ1) is 13.6. The quantitative estimate of drug-likeness (QED) is 0.739. The van der Waals surface area contributed by atoms with Gasteiger partial charge in [-0.3, -0.25) is 0 Å². The minimum absolute atomic E-state index is 0.543. The highest BCUT2D eigenvalue weighted by atomic mass is 16.5. The Bertz CT molecular complexity index is 374. The molecule has 0 amide bonds. The molecule has 0 saturated heterocycles. The number of benzene rings is 1. The van der Waals surface area contributed by atoms with Crippen LogP contribution in [0.3, 0.4) is 0 Å². The van der Waals surface area contributed by atoms with E-state index in [0.29, 0.717) is 13.2 Å². The Hall–Kier alpha value is -1.48. The molecule has 0 aliphatic rings. The van der Waals surface area contributed by atoms with Gasteiger partial charge in [-0.1, -0.05) is 19.6 Å². The summed E-state index contributed by atoms with van der Waals surface area (Å²) in [7, 11) is 1.65. The molecule has 1 rings (SSSR count). The van der Waals surface area contributed by atoms with Crippen LogP contribution in [-0.2, 0) is 6.42 Å². The molecule has 2 N–H and O–H groups in total. The predicted octanol–water partition coefficient (Wildman–Crippen LogP) is 2.54. The van der Waals surface area contributed by atoms with E-state index in [-0.39, 0.29) is 0 Å². The van der Waals surface area contributed by atoms with Gasteiger partial charge >= 0.3 is 0 Å². The lowest BCUT2D eigenvalue weighted by atomic mass is 10.1. The van der Waals surface area contributed by atoms with Crippen molar-refractivity contribution in [3.63, 3.8) is 0 Å². The fourth-order valence-electron chi connectivity index (χ4n) is 1.44. The van der Waals surface area contributed by atoms with Gasteiger partial charge < -0.3 is 15.2 Å². The minimum atomic E-state index is 0.543. The molecule has 0 heterocycles. The van der Waals surface area contributed by atoms with E-state index in [2.05, 4.69) is 13.5 Å². The van der Waals surface area contributed by atoms with Gasteiger partial charge in [0.15, 0.2) is 0 Å². The maximum absolute atomic E-state index is 5.75. The smallest absolute Gasteiger partial charge is 0.126 e. The molecule has 0 saturated carbocycles. The van der Waals surface area contributed by atoms with E-state index in [4.69, 9.17) is 15.2 Å². The number of rotatable bonds is 7. The first-order valence-corrected chi connectivity index (χ1v) is 5.87. The van der Waals surface area contributed by atoms with Crippen molar-refractivity contribution >= 4 is 0 Å². The molecule has 1 aromatic rings. The number of methoxy groups -OCH3 is 1. The monoisotopic (exact) mass is 235 g/mol. The first-order chi connectivity index (χ1) is 8.21. The molecule has 17 heavy (non-hydrogen) atoms.